The minimum Gasteiger partial charge on any atom is -0.490 e. The zero-order valence-electron chi connectivity index (χ0n) is 17.2. The molecule has 2 aromatic carbocycles. The largest absolute Gasteiger partial charge is 0.490 e. The van der Waals surface area contributed by atoms with Gasteiger partial charge in [-0.3, -0.25) is 9.59 Å². The van der Waals surface area contributed by atoms with Gasteiger partial charge in [-0.2, -0.15) is 0 Å². The summed E-state index contributed by atoms with van der Waals surface area (Å²) in [6.45, 7) is 5.31. The molecule has 0 unspecified atom stereocenters. The van der Waals surface area contributed by atoms with Crippen LogP contribution in [0, 0.1) is 0 Å². The van der Waals surface area contributed by atoms with Crippen LogP contribution in [0.15, 0.2) is 36.4 Å². The van der Waals surface area contributed by atoms with Crippen LogP contribution >= 0.6 is 0 Å². The maximum atomic E-state index is 12.1. The van der Waals surface area contributed by atoms with Crippen molar-refractivity contribution in [1.29, 1.82) is 0 Å². The smallest absolute Gasteiger partial charge is 0.262 e. The van der Waals surface area contributed by atoms with Crippen molar-refractivity contribution >= 4 is 17.5 Å². The van der Waals surface area contributed by atoms with E-state index in [1.807, 2.05) is 32.0 Å². The van der Waals surface area contributed by atoms with Gasteiger partial charge >= 0.3 is 0 Å². The highest BCUT2D eigenvalue weighted by Crippen LogP contribution is 2.31. The Hall–Kier alpha value is -3.42. The lowest BCUT2D eigenvalue weighted by Crippen LogP contribution is -2.30. The van der Waals surface area contributed by atoms with Crippen LogP contribution in [0.4, 0.5) is 5.69 Å². The fraction of sp³-hybridized carbons (Fsp3) is 0.364. The Labute approximate surface area is 175 Å². The standard InChI is InChI=1S/C22H26N2O6/c1-3-27-19-7-5-15(11-20(19)28-4-2)9-10-23-21(25)13-29-16-6-8-18-17(12-16)24-22(26)14-30-18/h5-8,11-12H,3-4,9-10,13-14H2,1-2H3,(H,23,25)(H,24,26). The van der Waals surface area contributed by atoms with Gasteiger partial charge in [-0.25, -0.2) is 0 Å². The van der Waals surface area contributed by atoms with E-state index in [1.165, 1.54) is 0 Å². The van der Waals surface area contributed by atoms with Gasteiger partial charge in [0.15, 0.2) is 24.7 Å². The van der Waals surface area contributed by atoms with Crippen LogP contribution in [0.3, 0.4) is 0 Å². The summed E-state index contributed by atoms with van der Waals surface area (Å²) in [6, 6.07) is 10.8. The summed E-state index contributed by atoms with van der Waals surface area (Å²) >= 11 is 0. The van der Waals surface area contributed by atoms with Gasteiger partial charge in [-0.1, -0.05) is 6.07 Å². The van der Waals surface area contributed by atoms with E-state index in [0.29, 0.717) is 54.9 Å². The molecule has 0 saturated carbocycles. The third-order valence-electron chi connectivity index (χ3n) is 4.30. The molecule has 1 aliphatic heterocycles. The molecule has 1 aliphatic rings. The number of carbonyl (C=O) groups excluding carboxylic acids is 2. The van der Waals surface area contributed by atoms with Crippen molar-refractivity contribution < 1.29 is 28.5 Å². The van der Waals surface area contributed by atoms with E-state index in [2.05, 4.69) is 10.6 Å². The number of hydrogen-bond donors (Lipinski definition) is 2. The fourth-order valence-electron chi connectivity index (χ4n) is 2.95. The number of amides is 2. The number of benzene rings is 2. The van der Waals surface area contributed by atoms with E-state index in [0.717, 1.165) is 5.56 Å². The third-order valence-corrected chi connectivity index (χ3v) is 4.30. The first-order chi connectivity index (χ1) is 14.6. The summed E-state index contributed by atoms with van der Waals surface area (Å²) in [6.07, 6.45) is 0.653. The fourth-order valence-corrected chi connectivity index (χ4v) is 2.95. The molecular formula is C22H26N2O6. The first kappa shape index (κ1) is 21.3. The number of rotatable bonds is 10. The number of carbonyl (C=O) groups is 2. The number of nitrogens with one attached hydrogen (secondary N) is 2. The zero-order valence-corrected chi connectivity index (χ0v) is 17.2. The molecule has 0 atom stereocenters. The average Bonchev–Trinajstić information content (AvgIpc) is 2.74. The molecule has 0 aromatic heterocycles. The topological polar surface area (TPSA) is 95.1 Å². The average molecular weight is 414 g/mol. The Morgan fingerprint density at radius 3 is 2.67 bits per heavy atom. The van der Waals surface area contributed by atoms with Crippen LogP contribution in [0.1, 0.15) is 19.4 Å². The van der Waals surface area contributed by atoms with E-state index >= 15 is 0 Å². The first-order valence-corrected chi connectivity index (χ1v) is 9.93. The van der Waals surface area contributed by atoms with Crippen LogP contribution < -0.4 is 29.6 Å². The van der Waals surface area contributed by atoms with Gasteiger partial charge in [-0.15, -0.1) is 0 Å². The van der Waals surface area contributed by atoms with Crippen molar-refractivity contribution in [2.45, 2.75) is 20.3 Å². The molecule has 0 saturated heterocycles. The van der Waals surface area contributed by atoms with Crippen molar-refractivity contribution in [3.63, 3.8) is 0 Å². The second-order valence-corrected chi connectivity index (χ2v) is 6.53. The second kappa shape index (κ2) is 10.4. The molecule has 8 nitrogen and oxygen atoms in total. The summed E-state index contributed by atoms with van der Waals surface area (Å²) in [7, 11) is 0. The van der Waals surface area contributed by atoms with Gasteiger partial charge in [-0.05, 0) is 50.1 Å². The summed E-state index contributed by atoms with van der Waals surface area (Å²) in [5, 5.41) is 5.53. The Bertz CT molecular complexity index is 899. The molecule has 2 aromatic rings. The monoisotopic (exact) mass is 414 g/mol. The number of hydrogen-bond acceptors (Lipinski definition) is 6. The number of ether oxygens (including phenoxy) is 4. The predicted octanol–water partition coefficient (Wildman–Crippen LogP) is 2.55. The van der Waals surface area contributed by atoms with Crippen molar-refractivity contribution in [3.8, 4) is 23.0 Å². The molecule has 0 bridgehead atoms. The van der Waals surface area contributed by atoms with E-state index in [9.17, 15) is 9.59 Å². The van der Waals surface area contributed by atoms with E-state index in [4.69, 9.17) is 18.9 Å². The predicted molar refractivity (Wildman–Crippen MR) is 112 cm³/mol. The van der Waals surface area contributed by atoms with Crippen molar-refractivity contribution in [3.05, 3.63) is 42.0 Å². The molecule has 2 amide bonds. The van der Waals surface area contributed by atoms with Crippen molar-refractivity contribution in [1.82, 2.24) is 5.32 Å². The molecule has 3 rings (SSSR count). The van der Waals surface area contributed by atoms with Crippen LogP contribution in [0.2, 0.25) is 0 Å². The lowest BCUT2D eigenvalue weighted by atomic mass is 10.1. The maximum absolute atomic E-state index is 12.1. The van der Waals surface area contributed by atoms with Gasteiger partial charge < -0.3 is 29.6 Å². The highest BCUT2D eigenvalue weighted by Gasteiger charge is 2.16. The van der Waals surface area contributed by atoms with E-state index in [-0.39, 0.29) is 25.0 Å². The number of anilines is 1. The highest BCUT2D eigenvalue weighted by molar-refractivity contribution is 5.95. The molecule has 30 heavy (non-hydrogen) atoms. The van der Waals surface area contributed by atoms with Crippen LogP contribution in [0.5, 0.6) is 23.0 Å². The van der Waals surface area contributed by atoms with E-state index in [1.54, 1.807) is 18.2 Å². The molecule has 1 heterocycles. The molecule has 8 heteroatoms. The third kappa shape index (κ3) is 5.79. The van der Waals surface area contributed by atoms with Crippen molar-refractivity contribution in [2.24, 2.45) is 0 Å². The highest BCUT2D eigenvalue weighted by atomic mass is 16.5. The van der Waals surface area contributed by atoms with Gasteiger partial charge in [0, 0.05) is 12.6 Å². The molecule has 0 fully saturated rings. The van der Waals surface area contributed by atoms with Gasteiger partial charge in [0.2, 0.25) is 0 Å². The molecule has 0 radical (unpaired) electrons. The Kier molecular flexibility index (Phi) is 7.37. The van der Waals surface area contributed by atoms with Crippen LogP contribution in [-0.4, -0.2) is 44.8 Å². The van der Waals surface area contributed by atoms with Crippen molar-refractivity contribution in [2.75, 3.05) is 38.3 Å². The summed E-state index contributed by atoms with van der Waals surface area (Å²) in [5.74, 6) is 2.01. The molecule has 0 aliphatic carbocycles. The Morgan fingerprint density at radius 2 is 1.87 bits per heavy atom. The lowest BCUT2D eigenvalue weighted by molar-refractivity contribution is -0.123. The minimum absolute atomic E-state index is 0.00394. The normalized spacial score (nSPS) is 12.3. The summed E-state index contributed by atoms with van der Waals surface area (Å²) in [5.41, 5.74) is 1.57. The molecular weight excluding hydrogens is 388 g/mol. The second-order valence-electron chi connectivity index (χ2n) is 6.53. The first-order valence-electron chi connectivity index (χ1n) is 9.93. The van der Waals surface area contributed by atoms with Gasteiger partial charge in [0.05, 0.1) is 18.9 Å². The number of fused-ring (bicyclic) bond motifs is 1. The lowest BCUT2D eigenvalue weighted by Gasteiger charge is -2.18. The zero-order chi connectivity index (χ0) is 21.3. The molecule has 0 spiro atoms. The van der Waals surface area contributed by atoms with Gasteiger partial charge in [0.25, 0.3) is 11.8 Å². The summed E-state index contributed by atoms with van der Waals surface area (Å²) < 4.78 is 22.0. The molecule has 160 valence electrons. The Morgan fingerprint density at radius 1 is 1.07 bits per heavy atom. The maximum Gasteiger partial charge on any atom is 0.262 e. The van der Waals surface area contributed by atoms with E-state index < -0.39 is 0 Å². The summed E-state index contributed by atoms with van der Waals surface area (Å²) in [4.78, 5) is 23.5. The van der Waals surface area contributed by atoms with Gasteiger partial charge in [0.1, 0.15) is 11.5 Å². The quantitative estimate of drug-likeness (QED) is 0.621. The SMILES string of the molecule is CCOc1ccc(CCNC(=O)COc2ccc3c(c2)NC(=O)CO3)cc1OCC. The van der Waals surface area contributed by atoms with Crippen LogP contribution in [-0.2, 0) is 16.0 Å². The molecule has 2 N–H and O–H groups in total. The van der Waals surface area contributed by atoms with Crippen LogP contribution in [0.25, 0.3) is 0 Å². The Balaban J connectivity index is 1.45. The minimum atomic E-state index is -0.232.